The molecule has 18 heavy (non-hydrogen) atoms. The van der Waals surface area contributed by atoms with Crippen LogP contribution in [-0.2, 0) is 0 Å². The molecule has 1 rings (SSSR count). The topological polar surface area (TPSA) is 68.0 Å². The van der Waals surface area contributed by atoms with Crippen molar-refractivity contribution in [2.45, 2.75) is 19.3 Å². The lowest BCUT2D eigenvalue weighted by Gasteiger charge is -2.06. The van der Waals surface area contributed by atoms with Crippen molar-refractivity contribution in [1.29, 1.82) is 0 Å². The van der Waals surface area contributed by atoms with Gasteiger partial charge in [0.1, 0.15) is 5.15 Å². The predicted molar refractivity (Wildman–Crippen MR) is 78.2 cm³/mol. The number of anilines is 1. The second-order valence-electron chi connectivity index (χ2n) is 3.92. The molecule has 0 aliphatic carbocycles. The van der Waals surface area contributed by atoms with Crippen LogP contribution in [0.5, 0.6) is 0 Å². The van der Waals surface area contributed by atoms with Crippen molar-refractivity contribution in [3.8, 4) is 0 Å². The highest BCUT2D eigenvalue weighted by Crippen LogP contribution is 2.15. The number of halogens is 1. The number of amides is 1. The molecule has 0 aliphatic rings. The Labute approximate surface area is 117 Å². The zero-order valence-electron chi connectivity index (χ0n) is 10.4. The van der Waals surface area contributed by atoms with Crippen molar-refractivity contribution in [1.82, 2.24) is 10.3 Å². The summed E-state index contributed by atoms with van der Waals surface area (Å²) in [5, 5.41) is 3.00. The van der Waals surface area contributed by atoms with Crippen LogP contribution in [0.15, 0.2) is 12.3 Å². The molecule has 0 atom stereocenters. The zero-order valence-corrected chi connectivity index (χ0v) is 12.0. The molecule has 0 spiro atoms. The Morgan fingerprint density at radius 3 is 3.00 bits per heavy atom. The summed E-state index contributed by atoms with van der Waals surface area (Å²) in [5.74, 6) is 0.948. The fourth-order valence-corrected chi connectivity index (χ4v) is 2.15. The largest absolute Gasteiger partial charge is 0.397 e. The molecule has 6 heteroatoms. The molecule has 1 heterocycles. The van der Waals surface area contributed by atoms with Crippen molar-refractivity contribution in [2.75, 3.05) is 24.3 Å². The standard InChI is InChI=1S/C12H18ClN3OS/c1-18-6-4-2-3-5-15-12(17)10-7-9(14)8-16-11(10)13/h7-8H,2-6,14H2,1H3,(H,15,17). The molecule has 1 amide bonds. The molecule has 0 fully saturated rings. The third kappa shape index (κ3) is 5.14. The average Bonchev–Trinajstić information content (AvgIpc) is 2.36. The monoisotopic (exact) mass is 287 g/mol. The van der Waals surface area contributed by atoms with Crippen LogP contribution in [0.1, 0.15) is 29.6 Å². The van der Waals surface area contributed by atoms with Gasteiger partial charge in [-0.05, 0) is 30.9 Å². The highest BCUT2D eigenvalue weighted by atomic mass is 35.5. The van der Waals surface area contributed by atoms with Crippen molar-refractivity contribution in [2.24, 2.45) is 0 Å². The highest BCUT2D eigenvalue weighted by Gasteiger charge is 2.10. The Kier molecular flexibility index (Phi) is 6.90. The van der Waals surface area contributed by atoms with Crippen molar-refractivity contribution in [3.63, 3.8) is 0 Å². The minimum atomic E-state index is -0.218. The van der Waals surface area contributed by atoms with Crippen molar-refractivity contribution >= 4 is 35.0 Å². The second-order valence-corrected chi connectivity index (χ2v) is 5.26. The van der Waals surface area contributed by atoms with Crippen molar-refractivity contribution < 1.29 is 4.79 Å². The van der Waals surface area contributed by atoms with Gasteiger partial charge in [0, 0.05) is 6.54 Å². The second kappa shape index (κ2) is 8.21. The number of hydrogen-bond donors (Lipinski definition) is 2. The summed E-state index contributed by atoms with van der Waals surface area (Å²) in [4.78, 5) is 15.7. The molecule has 4 nitrogen and oxygen atoms in total. The quantitative estimate of drug-likeness (QED) is 0.597. The maximum absolute atomic E-state index is 11.8. The van der Waals surface area contributed by atoms with E-state index < -0.39 is 0 Å². The molecule has 0 radical (unpaired) electrons. The number of pyridine rings is 1. The number of nitrogens with zero attached hydrogens (tertiary/aromatic N) is 1. The zero-order chi connectivity index (χ0) is 13.4. The SMILES string of the molecule is CSCCCCCNC(=O)c1cc(N)cnc1Cl. The number of aromatic nitrogens is 1. The van der Waals surface area contributed by atoms with Gasteiger partial charge < -0.3 is 11.1 Å². The van der Waals surface area contributed by atoms with E-state index in [1.807, 2.05) is 11.8 Å². The van der Waals surface area contributed by atoms with Crippen LogP contribution in [0.2, 0.25) is 5.15 Å². The fourth-order valence-electron chi connectivity index (χ4n) is 1.47. The molecule has 1 aromatic rings. The maximum atomic E-state index is 11.8. The lowest BCUT2D eigenvalue weighted by atomic mass is 10.2. The lowest BCUT2D eigenvalue weighted by Crippen LogP contribution is -2.25. The summed E-state index contributed by atoms with van der Waals surface area (Å²) in [6.07, 6.45) is 6.79. The van der Waals surface area contributed by atoms with Crippen LogP contribution in [0.3, 0.4) is 0 Å². The van der Waals surface area contributed by atoms with Gasteiger partial charge in [0.15, 0.2) is 0 Å². The minimum absolute atomic E-state index is 0.184. The van der Waals surface area contributed by atoms with Crippen LogP contribution in [-0.4, -0.2) is 29.4 Å². The van der Waals surface area contributed by atoms with Crippen LogP contribution in [0.4, 0.5) is 5.69 Å². The number of carbonyl (C=O) groups is 1. The highest BCUT2D eigenvalue weighted by molar-refractivity contribution is 7.98. The van der Waals surface area contributed by atoms with Gasteiger partial charge in [0.05, 0.1) is 17.4 Å². The first-order chi connectivity index (χ1) is 8.65. The number of nitrogens with two attached hydrogens (primary N) is 1. The molecule has 100 valence electrons. The van der Waals surface area contributed by atoms with Gasteiger partial charge in [0.25, 0.3) is 5.91 Å². The molecule has 0 aromatic carbocycles. The first kappa shape index (κ1) is 15.1. The predicted octanol–water partition coefficient (Wildman–Crippen LogP) is 2.58. The van der Waals surface area contributed by atoms with E-state index in [0.717, 1.165) is 12.8 Å². The lowest BCUT2D eigenvalue weighted by molar-refractivity contribution is 0.0953. The number of rotatable bonds is 7. The Bertz CT molecular complexity index is 401. The molecule has 0 saturated heterocycles. The summed E-state index contributed by atoms with van der Waals surface area (Å²) in [6.45, 7) is 0.651. The van der Waals surface area contributed by atoms with Crippen LogP contribution < -0.4 is 11.1 Å². The average molecular weight is 288 g/mol. The first-order valence-electron chi connectivity index (χ1n) is 5.83. The number of nitrogens with one attached hydrogen (secondary N) is 1. The molecule has 0 bridgehead atoms. The molecule has 0 unspecified atom stereocenters. The third-order valence-electron chi connectivity index (χ3n) is 2.42. The number of hydrogen-bond acceptors (Lipinski definition) is 4. The van der Waals surface area contributed by atoms with Gasteiger partial charge in [-0.3, -0.25) is 4.79 Å². The number of nitrogen functional groups attached to an aromatic ring is 1. The summed E-state index contributed by atoms with van der Waals surface area (Å²) in [7, 11) is 0. The van der Waals surface area contributed by atoms with E-state index in [1.165, 1.54) is 18.4 Å². The number of thioether (sulfide) groups is 1. The summed E-state index contributed by atoms with van der Waals surface area (Å²) >= 11 is 7.68. The number of carbonyl (C=O) groups excluding carboxylic acids is 1. The van der Waals surface area contributed by atoms with Gasteiger partial charge in [0.2, 0.25) is 0 Å². The van der Waals surface area contributed by atoms with Crippen LogP contribution in [0.25, 0.3) is 0 Å². The summed E-state index contributed by atoms with van der Waals surface area (Å²) in [6, 6.07) is 1.54. The van der Waals surface area contributed by atoms with E-state index in [4.69, 9.17) is 17.3 Å². The van der Waals surface area contributed by atoms with E-state index in [2.05, 4.69) is 16.6 Å². The summed E-state index contributed by atoms with van der Waals surface area (Å²) < 4.78 is 0. The Morgan fingerprint density at radius 1 is 1.50 bits per heavy atom. The molecular weight excluding hydrogens is 270 g/mol. The van der Waals surface area contributed by atoms with Gasteiger partial charge >= 0.3 is 0 Å². The van der Waals surface area contributed by atoms with E-state index in [1.54, 1.807) is 6.07 Å². The molecule has 3 N–H and O–H groups in total. The normalized spacial score (nSPS) is 10.3. The smallest absolute Gasteiger partial charge is 0.254 e. The Balaban J connectivity index is 2.34. The van der Waals surface area contributed by atoms with Gasteiger partial charge in [-0.1, -0.05) is 18.0 Å². The Morgan fingerprint density at radius 2 is 2.28 bits per heavy atom. The molecule has 0 saturated carbocycles. The van der Waals surface area contributed by atoms with Crippen molar-refractivity contribution in [3.05, 3.63) is 23.0 Å². The van der Waals surface area contributed by atoms with Gasteiger partial charge in [-0.25, -0.2) is 4.98 Å². The Hall–Kier alpha value is -0.940. The number of unbranched alkanes of at least 4 members (excludes halogenated alkanes) is 2. The van der Waals surface area contributed by atoms with Crippen LogP contribution in [0, 0.1) is 0 Å². The van der Waals surface area contributed by atoms with Gasteiger partial charge in [-0.15, -0.1) is 0 Å². The molecule has 1 aromatic heterocycles. The van der Waals surface area contributed by atoms with Crippen LogP contribution >= 0.6 is 23.4 Å². The van der Waals surface area contributed by atoms with E-state index >= 15 is 0 Å². The van der Waals surface area contributed by atoms with E-state index in [-0.39, 0.29) is 11.1 Å². The minimum Gasteiger partial charge on any atom is -0.397 e. The van der Waals surface area contributed by atoms with E-state index in [0.29, 0.717) is 17.8 Å². The maximum Gasteiger partial charge on any atom is 0.254 e. The molecule has 0 aliphatic heterocycles. The van der Waals surface area contributed by atoms with Gasteiger partial charge in [-0.2, -0.15) is 11.8 Å². The third-order valence-corrected chi connectivity index (χ3v) is 3.41. The fraction of sp³-hybridized carbons (Fsp3) is 0.500. The van der Waals surface area contributed by atoms with E-state index in [9.17, 15) is 4.79 Å². The first-order valence-corrected chi connectivity index (χ1v) is 7.60. The molecular formula is C12H18ClN3OS. The summed E-state index contributed by atoms with van der Waals surface area (Å²) in [5.41, 5.74) is 6.34.